The van der Waals surface area contributed by atoms with Gasteiger partial charge >= 0.3 is 17.9 Å². The molecule has 0 unspecified atom stereocenters. The highest BCUT2D eigenvalue weighted by atomic mass is 16.6. The molecule has 414 valence electrons. The minimum Gasteiger partial charge on any atom is -0.462 e. The van der Waals surface area contributed by atoms with Crippen LogP contribution in [0.25, 0.3) is 0 Å². The topological polar surface area (TPSA) is 78.9 Å². The van der Waals surface area contributed by atoms with Crippen molar-refractivity contribution in [1.82, 2.24) is 0 Å². The first-order valence-electron chi connectivity index (χ1n) is 31.1. The molecule has 1 atom stereocenters. The number of hydrogen-bond donors (Lipinski definition) is 0. The van der Waals surface area contributed by atoms with Gasteiger partial charge in [-0.2, -0.15) is 0 Å². The standard InChI is InChI=1S/C65H118O6/c1-4-7-10-13-16-19-22-25-28-30-31-32-33-35-38-40-43-46-49-52-55-58-64(67)70-61-62(71-65(68)59-56-53-50-47-44-41-36-27-24-21-18-15-12-9-6-3)60-69-63(66)57-54-51-48-45-42-39-37-34-29-26-23-20-17-14-11-8-5-2/h17,20,26,29,37,39,45,48,62H,4-16,18-19,21-25,27-28,30-36,38,40-44,46-47,49-61H2,1-3H3/b20-17-,29-26-,39-37-,48-45-/t62-/m1/s1. The average molecular weight is 996 g/mol. The number of allylic oxidation sites excluding steroid dienone is 8. The van der Waals surface area contributed by atoms with E-state index in [0.29, 0.717) is 19.3 Å². The Kier molecular flexibility index (Phi) is 57.7. The summed E-state index contributed by atoms with van der Waals surface area (Å²) in [7, 11) is 0. The lowest BCUT2D eigenvalue weighted by atomic mass is 10.0. The molecule has 0 spiro atoms. The van der Waals surface area contributed by atoms with Crippen LogP contribution in [0.5, 0.6) is 0 Å². The molecule has 0 aliphatic heterocycles. The molecule has 6 nitrogen and oxygen atoms in total. The van der Waals surface area contributed by atoms with Gasteiger partial charge in [-0.1, -0.05) is 301 Å². The van der Waals surface area contributed by atoms with Crippen LogP contribution in [0.3, 0.4) is 0 Å². The molecule has 0 aromatic heterocycles. The monoisotopic (exact) mass is 995 g/mol. The molecule has 0 amide bonds. The van der Waals surface area contributed by atoms with Crippen molar-refractivity contribution < 1.29 is 28.6 Å². The molecule has 0 aromatic carbocycles. The predicted octanol–water partition coefficient (Wildman–Crippen LogP) is 21.0. The summed E-state index contributed by atoms with van der Waals surface area (Å²) in [6.45, 7) is 6.62. The number of carbonyl (C=O) groups excluding carboxylic acids is 3. The summed E-state index contributed by atoms with van der Waals surface area (Å²) < 4.78 is 16.9. The number of ether oxygens (including phenoxy) is 3. The van der Waals surface area contributed by atoms with Gasteiger partial charge < -0.3 is 14.2 Å². The zero-order chi connectivity index (χ0) is 51.4. The highest BCUT2D eigenvalue weighted by molar-refractivity contribution is 5.71. The predicted molar refractivity (Wildman–Crippen MR) is 307 cm³/mol. The lowest BCUT2D eigenvalue weighted by Gasteiger charge is -2.18. The molecule has 0 aromatic rings. The molecule has 0 N–H and O–H groups in total. The Morgan fingerprint density at radius 2 is 0.521 bits per heavy atom. The van der Waals surface area contributed by atoms with Crippen molar-refractivity contribution >= 4 is 17.9 Å². The summed E-state index contributed by atoms with van der Waals surface area (Å²) in [5.74, 6) is -0.923. The fourth-order valence-electron chi connectivity index (χ4n) is 9.14. The average Bonchev–Trinajstić information content (AvgIpc) is 3.37. The van der Waals surface area contributed by atoms with Crippen LogP contribution >= 0.6 is 0 Å². The van der Waals surface area contributed by atoms with Crippen LogP contribution in [0.4, 0.5) is 0 Å². The van der Waals surface area contributed by atoms with Crippen LogP contribution in [0, 0.1) is 0 Å². The van der Waals surface area contributed by atoms with Crippen molar-refractivity contribution in [3.8, 4) is 0 Å². The van der Waals surface area contributed by atoms with Gasteiger partial charge in [0.25, 0.3) is 0 Å². The maximum absolute atomic E-state index is 12.9. The molecule has 71 heavy (non-hydrogen) atoms. The van der Waals surface area contributed by atoms with E-state index in [1.165, 1.54) is 218 Å². The highest BCUT2D eigenvalue weighted by Gasteiger charge is 2.19. The van der Waals surface area contributed by atoms with E-state index >= 15 is 0 Å². The van der Waals surface area contributed by atoms with Crippen molar-refractivity contribution in [2.75, 3.05) is 13.2 Å². The van der Waals surface area contributed by atoms with Crippen molar-refractivity contribution in [1.29, 1.82) is 0 Å². The van der Waals surface area contributed by atoms with Gasteiger partial charge in [-0.05, 0) is 57.8 Å². The lowest BCUT2D eigenvalue weighted by Crippen LogP contribution is -2.30. The van der Waals surface area contributed by atoms with Gasteiger partial charge in [0.1, 0.15) is 13.2 Å². The summed E-state index contributed by atoms with van der Waals surface area (Å²) in [5, 5.41) is 0. The third-order valence-corrected chi connectivity index (χ3v) is 13.8. The van der Waals surface area contributed by atoms with Gasteiger partial charge in [-0.15, -0.1) is 0 Å². The second kappa shape index (κ2) is 59.9. The molecule has 0 aliphatic rings. The second-order valence-electron chi connectivity index (χ2n) is 21.0. The molecule has 0 aliphatic carbocycles. The van der Waals surface area contributed by atoms with Crippen molar-refractivity contribution in [3.63, 3.8) is 0 Å². The van der Waals surface area contributed by atoms with E-state index in [9.17, 15) is 14.4 Å². The van der Waals surface area contributed by atoms with Crippen LogP contribution in [0.15, 0.2) is 48.6 Å². The third-order valence-electron chi connectivity index (χ3n) is 13.8. The minimum absolute atomic E-state index is 0.0851. The van der Waals surface area contributed by atoms with E-state index < -0.39 is 6.10 Å². The molecule has 0 rings (SSSR count). The summed E-state index contributed by atoms with van der Waals surface area (Å²) >= 11 is 0. The number of unbranched alkanes of at least 4 members (excludes halogenated alkanes) is 38. The van der Waals surface area contributed by atoms with Gasteiger partial charge in [0.15, 0.2) is 6.10 Å². The molecule has 0 radical (unpaired) electrons. The van der Waals surface area contributed by atoms with Crippen LogP contribution in [0.1, 0.15) is 329 Å². The highest BCUT2D eigenvalue weighted by Crippen LogP contribution is 2.17. The third kappa shape index (κ3) is 58.1. The normalized spacial score (nSPS) is 12.3. The molecule has 0 heterocycles. The van der Waals surface area contributed by atoms with E-state index in [2.05, 4.69) is 69.4 Å². The Bertz CT molecular complexity index is 1230. The molecule has 0 saturated carbocycles. The zero-order valence-electron chi connectivity index (χ0n) is 47.5. The fourth-order valence-corrected chi connectivity index (χ4v) is 9.14. The Morgan fingerprint density at radius 3 is 0.845 bits per heavy atom. The molecular formula is C65H118O6. The van der Waals surface area contributed by atoms with Crippen LogP contribution in [-0.4, -0.2) is 37.2 Å². The first-order chi connectivity index (χ1) is 35.0. The summed E-state index contributed by atoms with van der Waals surface area (Å²) in [6.07, 6.45) is 74.0. The van der Waals surface area contributed by atoms with Crippen LogP contribution in [0.2, 0.25) is 0 Å². The van der Waals surface area contributed by atoms with Crippen molar-refractivity contribution in [2.24, 2.45) is 0 Å². The molecule has 0 saturated heterocycles. The number of esters is 3. The molecule has 0 fully saturated rings. The molecular weight excluding hydrogens is 877 g/mol. The molecule has 6 heteroatoms. The fraction of sp³-hybridized carbons (Fsp3) is 0.831. The van der Waals surface area contributed by atoms with Crippen LogP contribution in [-0.2, 0) is 28.6 Å². The quantitative estimate of drug-likeness (QED) is 0.0261. The van der Waals surface area contributed by atoms with Gasteiger partial charge in [0.05, 0.1) is 0 Å². The Balaban J connectivity index is 4.36. The van der Waals surface area contributed by atoms with Gasteiger partial charge in [-0.25, -0.2) is 0 Å². The molecule has 0 bridgehead atoms. The first-order valence-corrected chi connectivity index (χ1v) is 31.1. The van der Waals surface area contributed by atoms with Gasteiger partial charge in [0, 0.05) is 19.3 Å². The SMILES string of the molecule is CCCCC/C=C\C/C=C\C/C=C\C/C=C\CCCC(=O)OC[C@H](COC(=O)CCCCCCCCCCCCCCCCCCCCCCC)OC(=O)CCCCCCCCCCCCCCCCC. The van der Waals surface area contributed by atoms with Gasteiger partial charge in [0.2, 0.25) is 0 Å². The number of rotatable bonds is 57. The van der Waals surface area contributed by atoms with E-state index in [-0.39, 0.29) is 37.5 Å². The van der Waals surface area contributed by atoms with E-state index in [4.69, 9.17) is 14.2 Å². The largest absolute Gasteiger partial charge is 0.462 e. The van der Waals surface area contributed by atoms with E-state index in [0.717, 1.165) is 64.2 Å². The second-order valence-corrected chi connectivity index (χ2v) is 21.0. The Labute approximate surface area is 441 Å². The van der Waals surface area contributed by atoms with E-state index in [1.807, 2.05) is 0 Å². The maximum Gasteiger partial charge on any atom is 0.306 e. The maximum atomic E-state index is 12.9. The summed E-state index contributed by atoms with van der Waals surface area (Å²) in [6, 6.07) is 0. The van der Waals surface area contributed by atoms with Crippen molar-refractivity contribution in [2.45, 2.75) is 335 Å². The smallest absolute Gasteiger partial charge is 0.306 e. The number of hydrogen-bond acceptors (Lipinski definition) is 6. The first kappa shape index (κ1) is 68.4. The van der Waals surface area contributed by atoms with Crippen molar-refractivity contribution in [3.05, 3.63) is 48.6 Å². The van der Waals surface area contributed by atoms with Crippen LogP contribution < -0.4 is 0 Å². The summed E-state index contributed by atoms with van der Waals surface area (Å²) in [4.78, 5) is 38.2. The van der Waals surface area contributed by atoms with Gasteiger partial charge in [-0.3, -0.25) is 14.4 Å². The minimum atomic E-state index is -0.792. The number of carbonyl (C=O) groups is 3. The van der Waals surface area contributed by atoms with E-state index in [1.54, 1.807) is 0 Å². The lowest BCUT2D eigenvalue weighted by molar-refractivity contribution is -0.167. The summed E-state index contributed by atoms with van der Waals surface area (Å²) in [5.41, 5.74) is 0. The Hall–Kier alpha value is -2.63. The zero-order valence-corrected chi connectivity index (χ0v) is 47.5. The Morgan fingerprint density at radius 1 is 0.282 bits per heavy atom.